The Morgan fingerprint density at radius 2 is 2.24 bits per heavy atom. The molecule has 0 spiro atoms. The molecule has 1 aliphatic carbocycles. The number of carbonyl (C=O) groups excluding carboxylic acids is 2. The van der Waals surface area contributed by atoms with Gasteiger partial charge in [0.2, 0.25) is 5.91 Å². The Kier molecular flexibility index (Phi) is 5.52. The first kappa shape index (κ1) is 13.5. The number of carbonyl (C=O) groups is 2. The van der Waals surface area contributed by atoms with Gasteiger partial charge in [-0.15, -0.1) is 0 Å². The first-order valence-electron chi connectivity index (χ1n) is 5.97. The van der Waals surface area contributed by atoms with E-state index in [1.54, 1.807) is 0 Å². The molecule has 5 heteroatoms. The summed E-state index contributed by atoms with van der Waals surface area (Å²) in [4.78, 5) is 22.2. The van der Waals surface area contributed by atoms with Crippen LogP contribution in [0.3, 0.4) is 0 Å². The summed E-state index contributed by atoms with van der Waals surface area (Å²) >= 11 is 0. The van der Waals surface area contributed by atoms with Gasteiger partial charge in [0, 0.05) is 19.4 Å². The molecule has 5 nitrogen and oxygen atoms in total. The molecule has 0 aromatic carbocycles. The molecule has 0 fully saturated rings. The van der Waals surface area contributed by atoms with Crippen molar-refractivity contribution in [2.45, 2.75) is 38.2 Å². The van der Waals surface area contributed by atoms with Crippen LogP contribution >= 0.6 is 0 Å². The van der Waals surface area contributed by atoms with Gasteiger partial charge in [0.15, 0.2) is 0 Å². The number of nitrogens with one attached hydrogen (secondary N) is 1. The highest BCUT2D eigenvalue weighted by Gasteiger charge is 2.25. The highest BCUT2D eigenvalue weighted by Crippen LogP contribution is 2.24. The van der Waals surface area contributed by atoms with Crippen molar-refractivity contribution in [1.29, 1.82) is 0 Å². The van der Waals surface area contributed by atoms with Gasteiger partial charge in [-0.2, -0.15) is 0 Å². The molecule has 2 atom stereocenters. The fourth-order valence-corrected chi connectivity index (χ4v) is 2.02. The lowest BCUT2D eigenvalue weighted by Crippen LogP contribution is -2.33. The van der Waals surface area contributed by atoms with Gasteiger partial charge in [-0.3, -0.25) is 4.79 Å². The monoisotopic (exact) mass is 240 g/mol. The third-order valence-corrected chi connectivity index (χ3v) is 2.90. The van der Waals surface area contributed by atoms with Gasteiger partial charge in [0.25, 0.3) is 0 Å². The Labute approximate surface area is 101 Å². The van der Waals surface area contributed by atoms with Crippen LogP contribution in [0.4, 0.5) is 4.79 Å². The van der Waals surface area contributed by atoms with Crippen LogP contribution < -0.4 is 11.1 Å². The lowest BCUT2D eigenvalue weighted by molar-refractivity contribution is -0.119. The Balaban J connectivity index is 2.69. The number of hydrogen-bond acceptors (Lipinski definition) is 3. The van der Waals surface area contributed by atoms with Gasteiger partial charge in [-0.05, 0) is 25.3 Å². The molecule has 17 heavy (non-hydrogen) atoms. The highest BCUT2D eigenvalue weighted by molar-refractivity contribution is 5.74. The largest absolute Gasteiger partial charge is 0.442 e. The van der Waals surface area contributed by atoms with Gasteiger partial charge >= 0.3 is 6.09 Å². The maximum absolute atomic E-state index is 11.2. The second kappa shape index (κ2) is 6.93. The van der Waals surface area contributed by atoms with Crippen LogP contribution in [0.15, 0.2) is 12.2 Å². The number of primary amides is 1. The molecule has 0 aromatic heterocycles. The molecule has 1 aliphatic rings. The summed E-state index contributed by atoms with van der Waals surface area (Å²) in [6, 6.07) is 0. The van der Waals surface area contributed by atoms with Crippen molar-refractivity contribution in [3.05, 3.63) is 12.2 Å². The minimum Gasteiger partial charge on any atom is -0.442 e. The van der Waals surface area contributed by atoms with Crippen LogP contribution in [0.2, 0.25) is 0 Å². The predicted molar refractivity (Wildman–Crippen MR) is 64.2 cm³/mol. The minimum atomic E-state index is -0.477. The van der Waals surface area contributed by atoms with Gasteiger partial charge in [0.1, 0.15) is 6.10 Å². The number of hydrogen-bond donors (Lipinski definition) is 2. The smallest absolute Gasteiger partial charge is 0.407 e. The normalized spacial score (nSPS) is 26.4. The zero-order chi connectivity index (χ0) is 12.7. The third kappa shape index (κ3) is 4.89. The number of allylic oxidation sites excluding steroid dienone is 1. The summed E-state index contributed by atoms with van der Waals surface area (Å²) in [7, 11) is 1.51. The first-order chi connectivity index (χ1) is 8.13. The van der Waals surface area contributed by atoms with E-state index >= 15 is 0 Å². The summed E-state index contributed by atoms with van der Waals surface area (Å²) < 4.78 is 5.24. The average Bonchev–Trinajstić information content (AvgIpc) is 2.26. The third-order valence-electron chi connectivity index (χ3n) is 2.90. The van der Waals surface area contributed by atoms with Crippen molar-refractivity contribution in [2.24, 2.45) is 11.7 Å². The van der Waals surface area contributed by atoms with Crippen molar-refractivity contribution >= 4 is 12.0 Å². The van der Waals surface area contributed by atoms with E-state index in [0.29, 0.717) is 0 Å². The maximum Gasteiger partial charge on any atom is 0.407 e. The van der Waals surface area contributed by atoms with E-state index in [-0.39, 0.29) is 24.3 Å². The molecule has 3 N–H and O–H groups in total. The van der Waals surface area contributed by atoms with Gasteiger partial charge in [-0.1, -0.05) is 12.5 Å². The van der Waals surface area contributed by atoms with E-state index in [1.807, 2.05) is 12.2 Å². The van der Waals surface area contributed by atoms with Crippen molar-refractivity contribution in [1.82, 2.24) is 5.32 Å². The molecule has 0 bridgehead atoms. The molecule has 0 aliphatic heterocycles. The highest BCUT2D eigenvalue weighted by atomic mass is 16.6. The van der Waals surface area contributed by atoms with Crippen LogP contribution in [-0.4, -0.2) is 25.2 Å². The SMILES string of the molecule is CNC(=O)OC1/C=C/CCCCC1CC(N)=O. The van der Waals surface area contributed by atoms with Gasteiger partial charge in [-0.25, -0.2) is 4.79 Å². The quantitative estimate of drug-likeness (QED) is 0.730. The number of alkyl carbamates (subject to hydrolysis) is 1. The maximum atomic E-state index is 11.2. The van der Waals surface area contributed by atoms with E-state index < -0.39 is 6.09 Å². The van der Waals surface area contributed by atoms with Crippen molar-refractivity contribution in [3.63, 3.8) is 0 Å². The summed E-state index contributed by atoms with van der Waals surface area (Å²) in [5.74, 6) is -0.365. The predicted octanol–water partition coefficient (Wildman–Crippen LogP) is 1.33. The van der Waals surface area contributed by atoms with Crippen LogP contribution in [0.5, 0.6) is 0 Å². The molecular formula is C12H20N2O3. The summed E-state index contributed by atoms with van der Waals surface area (Å²) in [6.07, 6.45) is 7.24. The van der Waals surface area contributed by atoms with E-state index in [1.165, 1.54) is 7.05 Å². The minimum absolute atomic E-state index is 0.0126. The van der Waals surface area contributed by atoms with E-state index in [4.69, 9.17) is 10.5 Å². The fraction of sp³-hybridized carbons (Fsp3) is 0.667. The zero-order valence-electron chi connectivity index (χ0n) is 10.1. The lowest BCUT2D eigenvalue weighted by atomic mass is 9.89. The van der Waals surface area contributed by atoms with Gasteiger partial charge in [0.05, 0.1) is 0 Å². The van der Waals surface area contributed by atoms with E-state index in [0.717, 1.165) is 25.7 Å². The summed E-state index contributed by atoms with van der Waals surface area (Å²) in [5.41, 5.74) is 5.22. The van der Waals surface area contributed by atoms with Crippen LogP contribution in [0, 0.1) is 5.92 Å². The molecule has 2 unspecified atom stereocenters. The van der Waals surface area contributed by atoms with Crippen molar-refractivity contribution in [2.75, 3.05) is 7.05 Å². The summed E-state index contributed by atoms with van der Waals surface area (Å²) in [6.45, 7) is 0. The van der Waals surface area contributed by atoms with Gasteiger partial charge < -0.3 is 15.8 Å². The average molecular weight is 240 g/mol. The van der Waals surface area contributed by atoms with E-state index in [9.17, 15) is 9.59 Å². The Morgan fingerprint density at radius 1 is 1.47 bits per heavy atom. The number of rotatable bonds is 3. The standard InChI is InChI=1S/C12H20N2O3/c1-14-12(16)17-10-7-5-3-2-4-6-9(10)8-11(13)15/h5,7,9-10H,2-4,6,8H2,1H3,(H2,13,15)(H,14,16)/b7-5+. The molecule has 1 rings (SSSR count). The van der Waals surface area contributed by atoms with Crippen LogP contribution in [0.1, 0.15) is 32.1 Å². The molecule has 2 amide bonds. The Bertz CT molecular complexity index is 302. The molecule has 0 heterocycles. The zero-order valence-corrected chi connectivity index (χ0v) is 10.1. The second-order valence-corrected chi connectivity index (χ2v) is 4.26. The Morgan fingerprint density at radius 3 is 2.88 bits per heavy atom. The lowest BCUT2D eigenvalue weighted by Gasteiger charge is -2.25. The summed E-state index contributed by atoms with van der Waals surface area (Å²) in [5, 5.41) is 2.41. The van der Waals surface area contributed by atoms with Crippen molar-refractivity contribution in [3.8, 4) is 0 Å². The second-order valence-electron chi connectivity index (χ2n) is 4.26. The molecule has 0 saturated heterocycles. The first-order valence-corrected chi connectivity index (χ1v) is 5.97. The number of ether oxygens (including phenoxy) is 1. The molecule has 96 valence electrons. The van der Waals surface area contributed by atoms with Crippen LogP contribution in [-0.2, 0) is 9.53 Å². The fourth-order valence-electron chi connectivity index (χ4n) is 2.02. The molecule has 0 radical (unpaired) electrons. The molecular weight excluding hydrogens is 220 g/mol. The number of nitrogens with two attached hydrogens (primary N) is 1. The molecule has 0 saturated carbocycles. The van der Waals surface area contributed by atoms with E-state index in [2.05, 4.69) is 5.32 Å². The topological polar surface area (TPSA) is 81.4 Å². The Hall–Kier alpha value is -1.52. The van der Waals surface area contributed by atoms with Crippen molar-refractivity contribution < 1.29 is 14.3 Å². The molecule has 0 aromatic rings. The number of amides is 2. The van der Waals surface area contributed by atoms with Crippen LogP contribution in [0.25, 0.3) is 0 Å².